The zero-order chi connectivity index (χ0) is 27.9. The number of rotatable bonds is 11. The lowest BCUT2D eigenvalue weighted by molar-refractivity contribution is -0.383. The Hall–Kier alpha value is -3.84. The Bertz CT molecular complexity index is 1470. The molecule has 1 atom stereocenters. The average molecular weight is 660 g/mol. The summed E-state index contributed by atoms with van der Waals surface area (Å²) >= 11 is 3.31. The van der Waals surface area contributed by atoms with Crippen molar-refractivity contribution in [1.82, 2.24) is 0 Å². The summed E-state index contributed by atoms with van der Waals surface area (Å²) in [5.41, 5.74) is 1.94. The highest BCUT2D eigenvalue weighted by Gasteiger charge is 2.23. The molecule has 3 aromatic carbocycles. The van der Waals surface area contributed by atoms with Crippen molar-refractivity contribution < 1.29 is 28.7 Å². The number of benzene rings is 3. The molecule has 4 aromatic rings. The predicted molar refractivity (Wildman–Crippen MR) is 158 cm³/mol. The van der Waals surface area contributed by atoms with Gasteiger partial charge in [-0.1, -0.05) is 30.3 Å². The molecule has 0 saturated heterocycles. The molecule has 1 N–H and O–H groups in total. The van der Waals surface area contributed by atoms with Crippen LogP contribution in [0.15, 0.2) is 72.8 Å². The van der Waals surface area contributed by atoms with Gasteiger partial charge in [0.25, 0.3) is 5.69 Å². The lowest BCUT2D eigenvalue weighted by Crippen LogP contribution is -2.07. The van der Waals surface area contributed by atoms with Crippen molar-refractivity contribution in [3.8, 4) is 17.2 Å². The monoisotopic (exact) mass is 660 g/mol. The van der Waals surface area contributed by atoms with Crippen molar-refractivity contribution in [3.05, 3.63) is 102 Å². The summed E-state index contributed by atoms with van der Waals surface area (Å²) in [6.07, 6.45) is -0.354. The number of ether oxygens (including phenoxy) is 4. The van der Waals surface area contributed by atoms with Crippen LogP contribution in [-0.4, -0.2) is 25.1 Å². The number of nitro groups is 1. The number of carbonyl (C=O) groups excluding carboxylic acids is 1. The van der Waals surface area contributed by atoms with Crippen LogP contribution in [0.25, 0.3) is 0 Å². The van der Waals surface area contributed by atoms with Gasteiger partial charge in [0.2, 0.25) is 0 Å². The first kappa shape index (κ1) is 28.2. The largest absolute Gasteiger partial charge is 0.497 e. The van der Waals surface area contributed by atoms with E-state index in [9.17, 15) is 14.9 Å². The molecule has 1 aromatic heterocycles. The van der Waals surface area contributed by atoms with Gasteiger partial charge in [0, 0.05) is 27.3 Å². The Morgan fingerprint density at radius 1 is 1.05 bits per heavy atom. The highest BCUT2D eigenvalue weighted by Crippen LogP contribution is 2.40. The van der Waals surface area contributed by atoms with E-state index in [1.54, 1.807) is 25.3 Å². The van der Waals surface area contributed by atoms with Crippen LogP contribution in [0.4, 0.5) is 16.4 Å². The summed E-state index contributed by atoms with van der Waals surface area (Å²) < 4.78 is 23.2. The van der Waals surface area contributed by atoms with Gasteiger partial charge < -0.3 is 24.3 Å². The zero-order valence-electron chi connectivity index (χ0n) is 21.3. The van der Waals surface area contributed by atoms with E-state index in [4.69, 9.17) is 18.9 Å². The molecule has 0 saturated carbocycles. The van der Waals surface area contributed by atoms with Gasteiger partial charge in [-0.2, -0.15) is 0 Å². The molecule has 0 fully saturated rings. The highest BCUT2D eigenvalue weighted by atomic mass is 127. The van der Waals surface area contributed by atoms with E-state index < -0.39 is 10.9 Å². The second-order valence-electron chi connectivity index (χ2n) is 8.28. The Labute approximate surface area is 243 Å². The first-order chi connectivity index (χ1) is 18.8. The molecule has 0 bridgehead atoms. The number of thiophene rings is 1. The quantitative estimate of drug-likeness (QED) is 0.0762. The number of nitrogens with one attached hydrogen (secondary N) is 1. The third-order valence-corrected chi connectivity index (χ3v) is 7.70. The van der Waals surface area contributed by atoms with Crippen molar-refractivity contribution in [2.75, 3.05) is 19.5 Å². The second-order valence-corrected chi connectivity index (χ2v) is 10.5. The number of anilines is 2. The Balaban J connectivity index is 1.58. The maximum atomic E-state index is 12.5. The van der Waals surface area contributed by atoms with Crippen LogP contribution in [0.3, 0.4) is 0 Å². The smallest absolute Gasteiger partial charge is 0.351 e. The summed E-state index contributed by atoms with van der Waals surface area (Å²) in [6, 6.07) is 21.3. The van der Waals surface area contributed by atoms with Crippen LogP contribution in [0.5, 0.6) is 17.2 Å². The summed E-state index contributed by atoms with van der Waals surface area (Å²) in [7, 11) is 2.88. The number of hydrogen-bond acceptors (Lipinski definition) is 9. The molecule has 0 aliphatic rings. The fourth-order valence-corrected chi connectivity index (χ4v) is 5.45. The fourth-order valence-electron chi connectivity index (χ4n) is 3.70. The minimum atomic E-state index is -0.566. The van der Waals surface area contributed by atoms with E-state index in [0.29, 0.717) is 16.5 Å². The Morgan fingerprint density at radius 3 is 2.44 bits per heavy atom. The molecule has 202 valence electrons. The van der Waals surface area contributed by atoms with E-state index in [1.165, 1.54) is 13.2 Å². The molecule has 0 aliphatic heterocycles. The SMILES string of the molecule is COC(=O)c1sc(Nc2cc(OCc3ccc(OC)cc3)ccc2[N+](=O)[O-])cc1OC(C)c1ccccc1I. The van der Waals surface area contributed by atoms with Crippen LogP contribution in [-0.2, 0) is 11.3 Å². The molecule has 1 heterocycles. The third kappa shape index (κ3) is 6.98. The van der Waals surface area contributed by atoms with Crippen molar-refractivity contribution in [2.24, 2.45) is 0 Å². The van der Waals surface area contributed by atoms with Gasteiger partial charge in [-0.3, -0.25) is 10.1 Å². The molecule has 0 aliphatic carbocycles. The summed E-state index contributed by atoms with van der Waals surface area (Å²) in [4.78, 5) is 24.0. The topological polar surface area (TPSA) is 109 Å². The van der Waals surface area contributed by atoms with Crippen molar-refractivity contribution >= 4 is 56.3 Å². The maximum absolute atomic E-state index is 12.5. The average Bonchev–Trinajstić information content (AvgIpc) is 3.33. The van der Waals surface area contributed by atoms with Crippen LogP contribution >= 0.6 is 33.9 Å². The summed E-state index contributed by atoms with van der Waals surface area (Å²) in [5.74, 6) is 0.923. The van der Waals surface area contributed by atoms with Crippen molar-refractivity contribution in [1.29, 1.82) is 0 Å². The number of nitrogens with zero attached hydrogens (tertiary/aromatic N) is 1. The number of carbonyl (C=O) groups is 1. The van der Waals surface area contributed by atoms with Gasteiger partial charge in [-0.15, -0.1) is 11.3 Å². The number of methoxy groups -OCH3 is 2. The van der Waals surface area contributed by atoms with Crippen LogP contribution in [0.1, 0.15) is 33.8 Å². The van der Waals surface area contributed by atoms with E-state index in [-0.39, 0.29) is 29.0 Å². The van der Waals surface area contributed by atoms with Gasteiger partial charge >= 0.3 is 5.97 Å². The van der Waals surface area contributed by atoms with Crippen molar-refractivity contribution in [3.63, 3.8) is 0 Å². The minimum Gasteiger partial charge on any atom is -0.497 e. The minimum absolute atomic E-state index is 0.144. The van der Waals surface area contributed by atoms with E-state index in [1.807, 2.05) is 55.5 Å². The molecule has 0 amide bonds. The summed E-state index contributed by atoms with van der Waals surface area (Å²) in [6.45, 7) is 2.15. The summed E-state index contributed by atoms with van der Waals surface area (Å²) in [5, 5.41) is 15.3. The molecular weight excluding hydrogens is 635 g/mol. The third-order valence-electron chi connectivity index (χ3n) is 5.70. The number of halogens is 1. The van der Waals surface area contributed by atoms with Gasteiger partial charge in [0.05, 0.1) is 24.1 Å². The number of hydrogen-bond donors (Lipinski definition) is 1. The number of esters is 1. The van der Waals surface area contributed by atoms with Crippen LogP contribution in [0, 0.1) is 13.7 Å². The Kier molecular flexibility index (Phi) is 9.25. The van der Waals surface area contributed by atoms with E-state index in [2.05, 4.69) is 27.9 Å². The molecule has 1 unspecified atom stereocenters. The molecule has 0 spiro atoms. The second kappa shape index (κ2) is 12.8. The normalized spacial score (nSPS) is 11.4. The number of nitro benzene ring substituents is 1. The molecule has 9 nitrogen and oxygen atoms in total. The molecule has 39 heavy (non-hydrogen) atoms. The van der Waals surface area contributed by atoms with Crippen molar-refractivity contribution in [2.45, 2.75) is 19.6 Å². The lowest BCUT2D eigenvalue weighted by Gasteiger charge is -2.16. The Morgan fingerprint density at radius 2 is 1.77 bits per heavy atom. The molecule has 11 heteroatoms. The first-order valence-corrected chi connectivity index (χ1v) is 13.6. The molecular formula is C28H25IN2O7S. The first-order valence-electron chi connectivity index (χ1n) is 11.7. The van der Waals surface area contributed by atoms with Gasteiger partial charge in [-0.05, 0) is 59.3 Å². The highest BCUT2D eigenvalue weighted by molar-refractivity contribution is 14.1. The predicted octanol–water partition coefficient (Wildman–Crippen LogP) is 7.52. The maximum Gasteiger partial charge on any atom is 0.351 e. The van der Waals surface area contributed by atoms with Gasteiger partial charge in [-0.25, -0.2) is 4.79 Å². The fraction of sp³-hybridized carbons (Fsp3) is 0.179. The molecule has 0 radical (unpaired) electrons. The van der Waals surface area contributed by atoms with E-state index >= 15 is 0 Å². The van der Waals surface area contributed by atoms with Gasteiger partial charge in [0.15, 0.2) is 4.88 Å². The van der Waals surface area contributed by atoms with E-state index in [0.717, 1.165) is 31.8 Å². The van der Waals surface area contributed by atoms with Crippen LogP contribution < -0.4 is 19.5 Å². The molecule has 4 rings (SSSR count). The lowest BCUT2D eigenvalue weighted by atomic mass is 10.1. The zero-order valence-corrected chi connectivity index (χ0v) is 24.3. The standard InChI is InChI=1S/C28H25IN2O7S/c1-17(21-6-4-5-7-22(21)29)38-25-15-26(39-27(25)28(32)36-3)30-23-14-20(12-13-24(23)31(33)34)37-16-18-8-10-19(35-2)11-9-18/h4-15,17,30H,16H2,1-3H3. The van der Waals surface area contributed by atoms with Crippen LogP contribution in [0.2, 0.25) is 0 Å². The van der Waals surface area contributed by atoms with Gasteiger partial charge in [0.1, 0.15) is 35.6 Å².